The molecule has 3 nitrogen and oxygen atoms in total. The van der Waals surface area contributed by atoms with Crippen molar-refractivity contribution in [1.29, 1.82) is 0 Å². The number of hydrogen-bond acceptors (Lipinski definition) is 3. The molecule has 0 unspecified atom stereocenters. The number of aromatic nitrogens is 2. The fourth-order valence-electron chi connectivity index (χ4n) is 1.93. The van der Waals surface area contributed by atoms with Gasteiger partial charge in [0.25, 0.3) is 0 Å². The molecule has 1 heterocycles. The molecule has 1 aromatic carbocycles. The van der Waals surface area contributed by atoms with Gasteiger partial charge >= 0.3 is 0 Å². The lowest BCUT2D eigenvalue weighted by Crippen LogP contribution is -2.04. The van der Waals surface area contributed by atoms with Crippen molar-refractivity contribution in [2.45, 2.75) is 32.6 Å². The van der Waals surface area contributed by atoms with Gasteiger partial charge < -0.3 is 5.32 Å². The minimum Gasteiger partial charge on any atom is -0.369 e. The van der Waals surface area contributed by atoms with E-state index in [1.807, 2.05) is 12.1 Å². The van der Waals surface area contributed by atoms with Crippen molar-refractivity contribution >= 4 is 32.7 Å². The smallest absolute Gasteiger partial charge is 0.137 e. The van der Waals surface area contributed by atoms with Crippen LogP contribution in [0.4, 0.5) is 5.82 Å². The van der Waals surface area contributed by atoms with Gasteiger partial charge in [-0.1, -0.05) is 42.1 Å². The van der Waals surface area contributed by atoms with Crippen molar-refractivity contribution in [3.63, 3.8) is 0 Å². The Morgan fingerprint density at radius 1 is 1.17 bits per heavy atom. The fourth-order valence-corrected chi connectivity index (χ4v) is 2.29. The summed E-state index contributed by atoms with van der Waals surface area (Å²) in [5.74, 6) is 0.929. The van der Waals surface area contributed by atoms with Gasteiger partial charge in [0.1, 0.15) is 12.1 Å². The number of nitrogens with zero attached hydrogens (tertiary/aromatic N) is 2. The van der Waals surface area contributed by atoms with Crippen LogP contribution in [0.5, 0.6) is 0 Å². The van der Waals surface area contributed by atoms with Crippen LogP contribution < -0.4 is 5.32 Å². The summed E-state index contributed by atoms with van der Waals surface area (Å²) in [6, 6.07) is 6.06. The van der Waals surface area contributed by atoms with Gasteiger partial charge in [-0.2, -0.15) is 0 Å². The van der Waals surface area contributed by atoms with Gasteiger partial charge in [0, 0.05) is 16.4 Å². The highest BCUT2D eigenvalue weighted by Crippen LogP contribution is 2.23. The van der Waals surface area contributed by atoms with Crippen molar-refractivity contribution in [3.05, 3.63) is 29.0 Å². The molecule has 0 aliphatic carbocycles. The van der Waals surface area contributed by atoms with Crippen LogP contribution in [0.1, 0.15) is 32.6 Å². The summed E-state index contributed by atoms with van der Waals surface area (Å²) in [6.45, 7) is 3.20. The molecule has 0 radical (unpaired) electrons. The Labute approximate surface area is 116 Å². The number of hydrogen-bond donors (Lipinski definition) is 1. The van der Waals surface area contributed by atoms with Crippen molar-refractivity contribution in [3.8, 4) is 0 Å². The van der Waals surface area contributed by atoms with Crippen LogP contribution in [-0.2, 0) is 0 Å². The van der Waals surface area contributed by atoms with E-state index in [-0.39, 0.29) is 0 Å². The quantitative estimate of drug-likeness (QED) is 0.805. The maximum absolute atomic E-state index is 4.32. The van der Waals surface area contributed by atoms with Gasteiger partial charge in [0.2, 0.25) is 0 Å². The number of rotatable bonds is 6. The first-order valence-corrected chi connectivity index (χ1v) is 7.24. The molecule has 0 bridgehead atoms. The summed E-state index contributed by atoms with van der Waals surface area (Å²) >= 11 is 3.49. The Bertz CT molecular complexity index is 513. The molecule has 0 aliphatic rings. The first kappa shape index (κ1) is 13.3. The lowest BCUT2D eigenvalue weighted by atomic mass is 10.2. The van der Waals surface area contributed by atoms with E-state index in [1.54, 1.807) is 6.33 Å². The Morgan fingerprint density at radius 3 is 2.89 bits per heavy atom. The van der Waals surface area contributed by atoms with Gasteiger partial charge in [0.05, 0.1) is 5.52 Å². The zero-order valence-corrected chi connectivity index (χ0v) is 12.2. The number of benzene rings is 1. The molecule has 0 aliphatic heterocycles. The van der Waals surface area contributed by atoms with Crippen LogP contribution in [-0.4, -0.2) is 16.5 Å². The lowest BCUT2D eigenvalue weighted by Gasteiger charge is -2.08. The van der Waals surface area contributed by atoms with Crippen molar-refractivity contribution in [1.82, 2.24) is 9.97 Å². The van der Waals surface area contributed by atoms with E-state index < -0.39 is 0 Å². The molecule has 0 amide bonds. The highest BCUT2D eigenvalue weighted by molar-refractivity contribution is 9.10. The Morgan fingerprint density at radius 2 is 2.06 bits per heavy atom. The van der Waals surface area contributed by atoms with E-state index in [9.17, 15) is 0 Å². The van der Waals surface area contributed by atoms with Crippen LogP contribution in [0, 0.1) is 0 Å². The van der Waals surface area contributed by atoms with Gasteiger partial charge in [0.15, 0.2) is 0 Å². The summed E-state index contributed by atoms with van der Waals surface area (Å²) in [6.07, 6.45) is 6.65. The monoisotopic (exact) mass is 307 g/mol. The van der Waals surface area contributed by atoms with Crippen molar-refractivity contribution in [2.75, 3.05) is 11.9 Å². The molecule has 2 rings (SSSR count). The molecule has 96 valence electrons. The second-order valence-corrected chi connectivity index (χ2v) is 5.29. The maximum atomic E-state index is 4.32. The van der Waals surface area contributed by atoms with E-state index in [0.29, 0.717) is 0 Å². The third-order valence-electron chi connectivity index (χ3n) is 2.92. The van der Waals surface area contributed by atoms with Crippen LogP contribution in [0.25, 0.3) is 10.9 Å². The Balaban J connectivity index is 2.05. The highest BCUT2D eigenvalue weighted by atomic mass is 79.9. The standard InChI is InChI=1S/C14H18BrN3/c1-2-3-4-5-8-16-14-12-9-11(15)6-7-13(12)17-10-18-14/h6-7,9-10H,2-5,8H2,1H3,(H,16,17,18). The average Bonchev–Trinajstić information content (AvgIpc) is 2.39. The molecule has 18 heavy (non-hydrogen) atoms. The molecular weight excluding hydrogens is 290 g/mol. The highest BCUT2D eigenvalue weighted by Gasteiger charge is 2.03. The maximum Gasteiger partial charge on any atom is 0.137 e. The second-order valence-electron chi connectivity index (χ2n) is 4.37. The summed E-state index contributed by atoms with van der Waals surface area (Å²) < 4.78 is 1.05. The Kier molecular flexibility index (Phi) is 4.93. The molecule has 1 N–H and O–H groups in total. The van der Waals surface area contributed by atoms with Crippen LogP contribution in [0.15, 0.2) is 29.0 Å². The molecule has 1 aromatic heterocycles. The number of halogens is 1. The van der Waals surface area contributed by atoms with E-state index in [2.05, 4.69) is 44.2 Å². The van der Waals surface area contributed by atoms with Crippen LogP contribution >= 0.6 is 15.9 Å². The van der Waals surface area contributed by atoms with E-state index in [0.717, 1.165) is 27.7 Å². The molecule has 4 heteroatoms. The molecule has 0 spiro atoms. The summed E-state index contributed by atoms with van der Waals surface area (Å²) in [4.78, 5) is 8.59. The lowest BCUT2D eigenvalue weighted by molar-refractivity contribution is 0.684. The van der Waals surface area contributed by atoms with E-state index in [4.69, 9.17) is 0 Å². The first-order valence-electron chi connectivity index (χ1n) is 6.45. The number of unbranched alkanes of at least 4 members (excludes halogenated alkanes) is 3. The van der Waals surface area contributed by atoms with Crippen LogP contribution in [0.3, 0.4) is 0 Å². The molecular formula is C14H18BrN3. The van der Waals surface area contributed by atoms with E-state index in [1.165, 1.54) is 25.7 Å². The predicted molar refractivity (Wildman–Crippen MR) is 79.9 cm³/mol. The number of fused-ring (bicyclic) bond motifs is 1. The first-order chi connectivity index (χ1) is 8.81. The topological polar surface area (TPSA) is 37.8 Å². The SMILES string of the molecule is CCCCCCNc1ncnc2ccc(Br)cc12. The molecule has 2 aromatic rings. The predicted octanol–water partition coefficient (Wildman–Crippen LogP) is 4.38. The van der Waals surface area contributed by atoms with Crippen LogP contribution in [0.2, 0.25) is 0 Å². The van der Waals surface area contributed by atoms with Gasteiger partial charge in [-0.3, -0.25) is 0 Å². The zero-order chi connectivity index (χ0) is 12.8. The average molecular weight is 308 g/mol. The summed E-state index contributed by atoms with van der Waals surface area (Å²) in [7, 11) is 0. The minimum atomic E-state index is 0.929. The minimum absolute atomic E-state index is 0.929. The van der Waals surface area contributed by atoms with Crippen molar-refractivity contribution in [2.24, 2.45) is 0 Å². The van der Waals surface area contributed by atoms with Crippen molar-refractivity contribution < 1.29 is 0 Å². The van der Waals surface area contributed by atoms with Gasteiger partial charge in [-0.25, -0.2) is 9.97 Å². The molecule has 0 fully saturated rings. The normalized spacial score (nSPS) is 10.8. The third-order valence-corrected chi connectivity index (χ3v) is 3.41. The Hall–Kier alpha value is -1.16. The number of nitrogens with one attached hydrogen (secondary N) is 1. The molecule has 0 saturated carbocycles. The van der Waals surface area contributed by atoms with Gasteiger partial charge in [-0.15, -0.1) is 0 Å². The van der Waals surface area contributed by atoms with E-state index >= 15 is 0 Å². The summed E-state index contributed by atoms with van der Waals surface area (Å²) in [5.41, 5.74) is 0.976. The van der Waals surface area contributed by atoms with Gasteiger partial charge in [-0.05, 0) is 24.6 Å². The molecule has 0 saturated heterocycles. The largest absolute Gasteiger partial charge is 0.369 e. The second kappa shape index (κ2) is 6.69. The molecule has 0 atom stereocenters. The fraction of sp³-hybridized carbons (Fsp3) is 0.429. The third kappa shape index (κ3) is 3.42. The zero-order valence-electron chi connectivity index (χ0n) is 10.6. The summed E-state index contributed by atoms with van der Waals surface area (Å²) in [5, 5.41) is 4.47. The number of anilines is 1.